The fourth-order valence-corrected chi connectivity index (χ4v) is 3.75. The van der Waals surface area contributed by atoms with Crippen molar-refractivity contribution in [3.63, 3.8) is 0 Å². The molecule has 1 aromatic carbocycles. The zero-order valence-electron chi connectivity index (χ0n) is 14.3. The largest absolute Gasteiger partial charge is 0.345 e. The Bertz CT molecular complexity index is 1120. The Balaban J connectivity index is 1.76. The average Bonchev–Trinajstić information content (AvgIpc) is 3.15. The van der Waals surface area contributed by atoms with Crippen LogP contribution in [0.4, 0.5) is 0 Å². The minimum atomic E-state index is -3.77. The second-order valence-corrected chi connectivity index (χ2v) is 8.41. The highest BCUT2D eigenvalue weighted by molar-refractivity contribution is 7.89. The van der Waals surface area contributed by atoms with Gasteiger partial charge in [-0.1, -0.05) is 18.2 Å². The minimum Gasteiger partial charge on any atom is -0.345 e. The number of aromatic nitrogens is 1. The molecule has 0 fully saturated rings. The highest BCUT2D eigenvalue weighted by Gasteiger charge is 2.16. The molecule has 0 radical (unpaired) electrons. The van der Waals surface area contributed by atoms with Gasteiger partial charge in [-0.25, -0.2) is 13.6 Å². The number of nitrogens with two attached hydrogens (primary N) is 1. The smallest absolute Gasteiger partial charge is 0.261 e. The molecule has 4 N–H and O–H groups in total. The topological polar surface area (TPSA) is 122 Å². The fourth-order valence-electron chi connectivity index (χ4n) is 2.53. The summed E-state index contributed by atoms with van der Waals surface area (Å²) in [7, 11) is -3.77. The minimum absolute atomic E-state index is 0.00307. The molecule has 1 amide bonds. The third-order valence-electron chi connectivity index (χ3n) is 4.00. The number of hydrogen-bond acceptors (Lipinski definition) is 5. The summed E-state index contributed by atoms with van der Waals surface area (Å²) in [6, 6.07) is 12.4. The Morgan fingerprint density at radius 2 is 1.85 bits per heavy atom. The molecule has 2 aromatic heterocycles. The Morgan fingerprint density at radius 3 is 2.41 bits per heavy atom. The molecule has 7 nitrogen and oxygen atoms in total. The van der Waals surface area contributed by atoms with Gasteiger partial charge in [0.05, 0.1) is 21.5 Å². The third kappa shape index (κ3) is 4.33. The number of primary sulfonamides is 1. The van der Waals surface area contributed by atoms with Gasteiger partial charge in [-0.05, 0) is 48.2 Å². The first kappa shape index (κ1) is 19.0. The zero-order chi connectivity index (χ0) is 19.6. The van der Waals surface area contributed by atoms with Crippen LogP contribution in [-0.2, 0) is 10.0 Å². The van der Waals surface area contributed by atoms with E-state index in [1.54, 1.807) is 25.1 Å². The van der Waals surface area contributed by atoms with E-state index in [0.29, 0.717) is 11.3 Å². The number of hydrogen-bond donors (Lipinski definition) is 3. The predicted octanol–water partition coefficient (Wildman–Crippen LogP) is 2.24. The summed E-state index contributed by atoms with van der Waals surface area (Å²) in [5.41, 5.74) is 0.860. The molecule has 3 rings (SSSR count). The SMILES string of the molecule is CC(NC(=O)c1ccc(-c2cccs2)[nH]c1=O)c1ccc(S(N)(=O)=O)cc1. The van der Waals surface area contributed by atoms with Crippen molar-refractivity contribution in [2.24, 2.45) is 5.14 Å². The van der Waals surface area contributed by atoms with E-state index in [0.717, 1.165) is 4.88 Å². The Labute approximate surface area is 159 Å². The first-order valence-corrected chi connectivity index (χ1v) is 10.4. The summed E-state index contributed by atoms with van der Waals surface area (Å²) in [4.78, 5) is 28.3. The molecule has 0 saturated heterocycles. The van der Waals surface area contributed by atoms with Gasteiger partial charge in [-0.2, -0.15) is 0 Å². The van der Waals surface area contributed by atoms with Crippen LogP contribution in [0.3, 0.4) is 0 Å². The quantitative estimate of drug-likeness (QED) is 0.605. The molecule has 140 valence electrons. The molecule has 3 aromatic rings. The van der Waals surface area contributed by atoms with Crippen LogP contribution >= 0.6 is 11.3 Å². The van der Waals surface area contributed by atoms with E-state index >= 15 is 0 Å². The number of carbonyl (C=O) groups excluding carboxylic acids is 1. The molecule has 27 heavy (non-hydrogen) atoms. The molecule has 0 spiro atoms. The van der Waals surface area contributed by atoms with Crippen molar-refractivity contribution in [2.45, 2.75) is 17.9 Å². The van der Waals surface area contributed by atoms with Gasteiger partial charge in [-0.15, -0.1) is 11.3 Å². The summed E-state index contributed by atoms with van der Waals surface area (Å²) in [6.45, 7) is 1.73. The van der Waals surface area contributed by atoms with Gasteiger partial charge in [-0.3, -0.25) is 9.59 Å². The fraction of sp³-hybridized carbons (Fsp3) is 0.111. The summed E-state index contributed by atoms with van der Waals surface area (Å²) in [5.74, 6) is -0.517. The number of pyridine rings is 1. The summed E-state index contributed by atoms with van der Waals surface area (Å²) >= 11 is 1.49. The molecule has 0 aliphatic rings. The molecular weight excluding hydrogens is 386 g/mol. The monoisotopic (exact) mass is 403 g/mol. The van der Waals surface area contributed by atoms with E-state index < -0.39 is 27.5 Å². The lowest BCUT2D eigenvalue weighted by Gasteiger charge is -2.14. The molecule has 9 heteroatoms. The van der Waals surface area contributed by atoms with Gasteiger partial charge < -0.3 is 10.3 Å². The van der Waals surface area contributed by atoms with Crippen molar-refractivity contribution < 1.29 is 13.2 Å². The van der Waals surface area contributed by atoms with Gasteiger partial charge >= 0.3 is 0 Å². The van der Waals surface area contributed by atoms with Crippen LogP contribution in [0.5, 0.6) is 0 Å². The molecule has 1 unspecified atom stereocenters. The first-order valence-electron chi connectivity index (χ1n) is 7.96. The number of amides is 1. The van der Waals surface area contributed by atoms with Crippen molar-refractivity contribution in [3.05, 3.63) is 75.4 Å². The molecule has 1 atom stereocenters. The van der Waals surface area contributed by atoms with Gasteiger partial charge in [0.15, 0.2) is 0 Å². The highest BCUT2D eigenvalue weighted by atomic mass is 32.2. The van der Waals surface area contributed by atoms with Crippen LogP contribution in [0.1, 0.15) is 28.9 Å². The third-order valence-corrected chi connectivity index (χ3v) is 5.83. The number of carbonyl (C=O) groups is 1. The predicted molar refractivity (Wildman–Crippen MR) is 104 cm³/mol. The molecule has 0 saturated carbocycles. The summed E-state index contributed by atoms with van der Waals surface area (Å²) in [5, 5.41) is 9.70. The maximum atomic E-state index is 12.4. The van der Waals surface area contributed by atoms with Gasteiger partial charge in [0.2, 0.25) is 10.0 Å². The van der Waals surface area contributed by atoms with Crippen LogP contribution in [0.25, 0.3) is 10.6 Å². The van der Waals surface area contributed by atoms with Crippen molar-refractivity contribution in [1.82, 2.24) is 10.3 Å². The van der Waals surface area contributed by atoms with Crippen LogP contribution in [0.2, 0.25) is 0 Å². The molecule has 0 bridgehead atoms. The first-order chi connectivity index (χ1) is 12.8. The molecule has 0 aliphatic heterocycles. The summed E-state index contributed by atoms with van der Waals surface area (Å²) < 4.78 is 22.6. The average molecular weight is 403 g/mol. The second-order valence-electron chi connectivity index (χ2n) is 5.90. The van der Waals surface area contributed by atoms with E-state index in [1.165, 1.54) is 29.5 Å². The van der Waals surface area contributed by atoms with Crippen LogP contribution in [0.15, 0.2) is 63.6 Å². The van der Waals surface area contributed by atoms with Crippen molar-refractivity contribution in [3.8, 4) is 10.6 Å². The number of H-pyrrole nitrogens is 1. The van der Waals surface area contributed by atoms with Crippen molar-refractivity contribution >= 4 is 27.3 Å². The second kappa shape index (κ2) is 7.47. The van der Waals surface area contributed by atoms with E-state index in [-0.39, 0.29) is 10.5 Å². The highest BCUT2D eigenvalue weighted by Crippen LogP contribution is 2.21. The van der Waals surface area contributed by atoms with Crippen LogP contribution in [0, 0.1) is 0 Å². The van der Waals surface area contributed by atoms with E-state index in [1.807, 2.05) is 17.5 Å². The lowest BCUT2D eigenvalue weighted by molar-refractivity contribution is 0.0938. The Kier molecular flexibility index (Phi) is 5.26. The number of aromatic amines is 1. The number of rotatable bonds is 5. The zero-order valence-corrected chi connectivity index (χ0v) is 15.9. The lowest BCUT2D eigenvalue weighted by Crippen LogP contribution is -2.31. The van der Waals surface area contributed by atoms with Crippen molar-refractivity contribution in [2.75, 3.05) is 0 Å². The summed E-state index contributed by atoms with van der Waals surface area (Å²) in [6.07, 6.45) is 0. The van der Waals surface area contributed by atoms with Gasteiger partial charge in [0.25, 0.3) is 11.5 Å². The Hall–Kier alpha value is -2.75. The maximum absolute atomic E-state index is 12.4. The van der Waals surface area contributed by atoms with E-state index in [9.17, 15) is 18.0 Å². The maximum Gasteiger partial charge on any atom is 0.261 e. The molecule has 0 aliphatic carbocycles. The molecular formula is C18H17N3O4S2. The molecule has 2 heterocycles. The van der Waals surface area contributed by atoms with Crippen molar-refractivity contribution in [1.29, 1.82) is 0 Å². The van der Waals surface area contributed by atoms with E-state index in [2.05, 4.69) is 10.3 Å². The number of benzene rings is 1. The standard InChI is InChI=1S/C18H17N3O4S2/c1-11(12-4-6-13(7-5-12)27(19,24)25)20-17(22)14-8-9-15(21-18(14)23)16-3-2-10-26-16/h2-11H,1H3,(H,20,22)(H,21,23)(H2,19,24,25). The van der Waals surface area contributed by atoms with E-state index in [4.69, 9.17) is 5.14 Å². The lowest BCUT2D eigenvalue weighted by atomic mass is 10.1. The number of thiophene rings is 1. The number of sulfonamides is 1. The Morgan fingerprint density at radius 1 is 1.15 bits per heavy atom. The van der Waals surface area contributed by atoms with Crippen LogP contribution < -0.4 is 16.0 Å². The number of nitrogens with one attached hydrogen (secondary N) is 2. The van der Waals surface area contributed by atoms with Gasteiger partial charge in [0.1, 0.15) is 5.56 Å². The normalized spacial score (nSPS) is 12.5. The van der Waals surface area contributed by atoms with Crippen LogP contribution in [-0.4, -0.2) is 19.3 Å². The van der Waals surface area contributed by atoms with Gasteiger partial charge in [0, 0.05) is 0 Å².